The zero-order chi connectivity index (χ0) is 15.6. The molecule has 2 amide bonds. The van der Waals surface area contributed by atoms with E-state index in [1.54, 1.807) is 11.1 Å². The minimum atomic E-state index is -0.412. The minimum Gasteiger partial charge on any atom is -0.342 e. The molecule has 1 N–H and O–H groups in total. The number of carbonyl (C=O) groups is 2. The van der Waals surface area contributed by atoms with Gasteiger partial charge in [0.05, 0.1) is 6.54 Å². The molecule has 6 heteroatoms. The molecule has 1 aliphatic heterocycles. The van der Waals surface area contributed by atoms with Crippen LogP contribution in [-0.4, -0.2) is 33.8 Å². The van der Waals surface area contributed by atoms with Gasteiger partial charge in [0.15, 0.2) is 0 Å². The summed E-state index contributed by atoms with van der Waals surface area (Å²) in [4.78, 5) is 31.1. The Morgan fingerprint density at radius 3 is 2.57 bits per heavy atom. The average molecular weight is 309 g/mol. The third kappa shape index (κ3) is 3.61. The van der Waals surface area contributed by atoms with Gasteiger partial charge >= 0.3 is 0 Å². The molecule has 1 aromatic rings. The first kappa shape index (κ1) is 15.9. The van der Waals surface area contributed by atoms with Crippen LogP contribution < -0.4 is 5.32 Å². The molecule has 2 heterocycles. The van der Waals surface area contributed by atoms with Gasteiger partial charge in [-0.3, -0.25) is 9.59 Å². The SMILES string of the molecule is CC(C)CC1NC(=O)C(C(C)C)N(Cc2nccs2)C1=O. The fourth-order valence-corrected chi connectivity index (χ4v) is 3.36. The van der Waals surface area contributed by atoms with Crippen LogP contribution in [0.2, 0.25) is 0 Å². The molecule has 1 fully saturated rings. The van der Waals surface area contributed by atoms with Crippen molar-refractivity contribution in [2.75, 3.05) is 0 Å². The zero-order valence-corrected chi connectivity index (χ0v) is 13.8. The number of carbonyl (C=O) groups excluding carboxylic acids is 2. The molecule has 0 bridgehead atoms. The molecule has 2 rings (SSSR count). The van der Waals surface area contributed by atoms with Crippen molar-refractivity contribution in [2.24, 2.45) is 11.8 Å². The van der Waals surface area contributed by atoms with E-state index in [-0.39, 0.29) is 17.7 Å². The summed E-state index contributed by atoms with van der Waals surface area (Å²) < 4.78 is 0. The van der Waals surface area contributed by atoms with Crippen molar-refractivity contribution < 1.29 is 9.59 Å². The third-order valence-corrected chi connectivity index (χ3v) is 4.39. The van der Waals surface area contributed by atoms with E-state index in [4.69, 9.17) is 0 Å². The lowest BCUT2D eigenvalue weighted by Gasteiger charge is -2.40. The predicted octanol–water partition coefficient (Wildman–Crippen LogP) is 2.04. The molecule has 116 valence electrons. The molecule has 0 spiro atoms. The number of nitrogens with one attached hydrogen (secondary N) is 1. The van der Waals surface area contributed by atoms with Crippen LogP contribution in [0, 0.1) is 11.8 Å². The van der Waals surface area contributed by atoms with Crippen LogP contribution >= 0.6 is 11.3 Å². The Labute approximate surface area is 129 Å². The molecule has 0 saturated carbocycles. The van der Waals surface area contributed by atoms with E-state index in [2.05, 4.69) is 24.1 Å². The highest BCUT2D eigenvalue weighted by atomic mass is 32.1. The third-order valence-electron chi connectivity index (χ3n) is 3.63. The van der Waals surface area contributed by atoms with Crippen LogP contribution in [0.4, 0.5) is 0 Å². The summed E-state index contributed by atoms with van der Waals surface area (Å²) >= 11 is 1.51. The maximum atomic E-state index is 12.7. The average Bonchev–Trinajstić information content (AvgIpc) is 2.87. The van der Waals surface area contributed by atoms with Crippen LogP contribution in [0.3, 0.4) is 0 Å². The Morgan fingerprint density at radius 2 is 2.05 bits per heavy atom. The number of amides is 2. The van der Waals surface area contributed by atoms with Crippen molar-refractivity contribution in [3.63, 3.8) is 0 Å². The van der Waals surface area contributed by atoms with Gasteiger partial charge in [-0.1, -0.05) is 27.7 Å². The molecule has 21 heavy (non-hydrogen) atoms. The first-order chi connectivity index (χ1) is 9.90. The normalized spacial score (nSPS) is 23.0. The Balaban J connectivity index is 2.23. The second-order valence-electron chi connectivity index (χ2n) is 6.27. The summed E-state index contributed by atoms with van der Waals surface area (Å²) in [6.45, 7) is 8.46. The molecule has 0 aromatic carbocycles. The second-order valence-corrected chi connectivity index (χ2v) is 7.25. The summed E-state index contributed by atoms with van der Waals surface area (Å²) in [5, 5.41) is 5.65. The van der Waals surface area contributed by atoms with Gasteiger partial charge < -0.3 is 10.2 Å². The maximum absolute atomic E-state index is 12.7. The fraction of sp³-hybridized carbons (Fsp3) is 0.667. The van der Waals surface area contributed by atoms with Crippen molar-refractivity contribution in [3.05, 3.63) is 16.6 Å². The first-order valence-electron chi connectivity index (χ1n) is 7.39. The number of thiazole rings is 1. The molecule has 1 saturated heterocycles. The predicted molar refractivity (Wildman–Crippen MR) is 82.7 cm³/mol. The van der Waals surface area contributed by atoms with E-state index in [0.717, 1.165) is 5.01 Å². The summed E-state index contributed by atoms with van der Waals surface area (Å²) in [7, 11) is 0. The Hall–Kier alpha value is -1.43. The van der Waals surface area contributed by atoms with Crippen molar-refractivity contribution in [3.8, 4) is 0 Å². The number of piperazine rings is 1. The topological polar surface area (TPSA) is 62.3 Å². The van der Waals surface area contributed by atoms with Gasteiger partial charge in [0.1, 0.15) is 17.1 Å². The van der Waals surface area contributed by atoms with Gasteiger partial charge in [-0.25, -0.2) is 4.98 Å². The quantitative estimate of drug-likeness (QED) is 0.905. The zero-order valence-electron chi connectivity index (χ0n) is 13.0. The highest BCUT2D eigenvalue weighted by Gasteiger charge is 2.42. The van der Waals surface area contributed by atoms with E-state index >= 15 is 0 Å². The van der Waals surface area contributed by atoms with E-state index in [1.165, 1.54) is 11.3 Å². The van der Waals surface area contributed by atoms with E-state index in [0.29, 0.717) is 18.9 Å². The summed E-state index contributed by atoms with van der Waals surface area (Å²) in [5.74, 6) is 0.398. The lowest BCUT2D eigenvalue weighted by Crippen LogP contribution is -2.64. The summed E-state index contributed by atoms with van der Waals surface area (Å²) in [6.07, 6.45) is 2.40. The van der Waals surface area contributed by atoms with Crippen molar-refractivity contribution >= 4 is 23.2 Å². The molecule has 0 radical (unpaired) electrons. The number of aromatic nitrogens is 1. The van der Waals surface area contributed by atoms with Crippen molar-refractivity contribution in [1.82, 2.24) is 15.2 Å². The Kier molecular flexibility index (Phi) is 4.98. The van der Waals surface area contributed by atoms with E-state index in [1.807, 2.05) is 19.2 Å². The van der Waals surface area contributed by atoms with Crippen LogP contribution in [0.15, 0.2) is 11.6 Å². The van der Waals surface area contributed by atoms with Gasteiger partial charge in [0, 0.05) is 11.6 Å². The highest BCUT2D eigenvalue weighted by molar-refractivity contribution is 7.09. The number of hydrogen-bond acceptors (Lipinski definition) is 4. The smallest absolute Gasteiger partial charge is 0.246 e. The van der Waals surface area contributed by atoms with Crippen LogP contribution in [0.1, 0.15) is 39.1 Å². The maximum Gasteiger partial charge on any atom is 0.246 e. The number of rotatable bonds is 5. The highest BCUT2D eigenvalue weighted by Crippen LogP contribution is 2.23. The van der Waals surface area contributed by atoms with Crippen molar-refractivity contribution in [2.45, 2.75) is 52.7 Å². The van der Waals surface area contributed by atoms with Gasteiger partial charge in [-0.2, -0.15) is 0 Å². The standard InChI is InChI=1S/C15H23N3O2S/c1-9(2)7-11-15(20)18(8-12-16-5-6-21-12)13(10(3)4)14(19)17-11/h5-6,9-11,13H,7-8H2,1-4H3,(H,17,19). The monoisotopic (exact) mass is 309 g/mol. The van der Waals surface area contributed by atoms with Gasteiger partial charge in [0.2, 0.25) is 11.8 Å². The number of nitrogens with zero attached hydrogens (tertiary/aromatic N) is 2. The molecule has 0 aliphatic carbocycles. The van der Waals surface area contributed by atoms with Crippen LogP contribution in [0.25, 0.3) is 0 Å². The summed E-state index contributed by atoms with van der Waals surface area (Å²) in [5.41, 5.74) is 0. The second kappa shape index (κ2) is 6.56. The Bertz CT molecular complexity index is 499. The first-order valence-corrected chi connectivity index (χ1v) is 8.27. The minimum absolute atomic E-state index is 0.0113. The molecular weight excluding hydrogens is 286 g/mol. The molecule has 1 aliphatic rings. The Morgan fingerprint density at radius 1 is 1.33 bits per heavy atom. The van der Waals surface area contributed by atoms with Crippen molar-refractivity contribution in [1.29, 1.82) is 0 Å². The molecule has 2 atom stereocenters. The molecular formula is C15H23N3O2S. The lowest BCUT2D eigenvalue weighted by atomic mass is 9.93. The summed E-state index contributed by atoms with van der Waals surface area (Å²) in [6, 6.07) is -0.822. The largest absolute Gasteiger partial charge is 0.342 e. The van der Waals surface area contributed by atoms with Gasteiger partial charge in [-0.05, 0) is 18.3 Å². The molecule has 1 aromatic heterocycles. The van der Waals surface area contributed by atoms with E-state index < -0.39 is 12.1 Å². The van der Waals surface area contributed by atoms with Crippen LogP contribution in [0.5, 0.6) is 0 Å². The molecule has 2 unspecified atom stereocenters. The lowest BCUT2D eigenvalue weighted by molar-refractivity contribution is -0.152. The van der Waals surface area contributed by atoms with E-state index in [9.17, 15) is 9.59 Å². The number of hydrogen-bond donors (Lipinski definition) is 1. The van der Waals surface area contributed by atoms with Crippen LogP contribution in [-0.2, 0) is 16.1 Å². The van der Waals surface area contributed by atoms with Gasteiger partial charge in [0.25, 0.3) is 0 Å². The molecule has 5 nitrogen and oxygen atoms in total. The van der Waals surface area contributed by atoms with Gasteiger partial charge in [-0.15, -0.1) is 11.3 Å². The fourth-order valence-electron chi connectivity index (χ4n) is 2.74.